The molecule has 41 heavy (non-hydrogen) atoms. The van der Waals surface area contributed by atoms with E-state index in [4.69, 9.17) is 9.47 Å². The molecule has 0 bridgehead atoms. The summed E-state index contributed by atoms with van der Waals surface area (Å²) >= 11 is 0. The highest BCUT2D eigenvalue weighted by molar-refractivity contribution is 6.24. The van der Waals surface area contributed by atoms with E-state index in [1.165, 1.54) is 30.3 Å². The summed E-state index contributed by atoms with van der Waals surface area (Å²) in [4.78, 5) is 54.4. The summed E-state index contributed by atoms with van der Waals surface area (Å²) in [5, 5.41) is 22.3. The Balaban J connectivity index is 2.04. The van der Waals surface area contributed by atoms with Crippen molar-refractivity contribution >= 4 is 23.5 Å². The van der Waals surface area contributed by atoms with Gasteiger partial charge in [-0.25, -0.2) is 9.59 Å². The summed E-state index contributed by atoms with van der Waals surface area (Å²) in [6.45, 7) is 3.61. The summed E-state index contributed by atoms with van der Waals surface area (Å²) in [7, 11) is 0. The minimum absolute atomic E-state index is 0.0346. The van der Waals surface area contributed by atoms with E-state index in [0.29, 0.717) is 18.4 Å². The first kappa shape index (κ1) is 28.8. The lowest BCUT2D eigenvalue weighted by Gasteiger charge is -2.20. The summed E-state index contributed by atoms with van der Waals surface area (Å²) in [6.07, 6.45) is 1.19. The van der Waals surface area contributed by atoms with Crippen LogP contribution in [0.4, 0.5) is 0 Å². The molecule has 8 heteroatoms. The number of ether oxygens (including phenoxy) is 2. The molecule has 8 nitrogen and oxygen atoms in total. The zero-order chi connectivity index (χ0) is 29.5. The molecule has 4 aromatic carbocycles. The zero-order valence-electron chi connectivity index (χ0n) is 22.5. The van der Waals surface area contributed by atoms with Gasteiger partial charge in [-0.1, -0.05) is 85.6 Å². The molecule has 0 aliphatic heterocycles. The largest absolute Gasteiger partial charge is 0.504 e. The zero-order valence-corrected chi connectivity index (χ0v) is 22.5. The lowest BCUT2D eigenvalue weighted by molar-refractivity contribution is 0.0491. The SMILES string of the molecule is CCCCOC(=O)c1c(C(=O)c2ccccc2)c(O)c(O)c(OC(=O)c2ccccc2)c1C(=O)c1cccc(C)c1. The highest BCUT2D eigenvalue weighted by Gasteiger charge is 2.37. The predicted octanol–water partition coefficient (Wildman–Crippen LogP) is 6.04. The molecule has 4 aromatic rings. The van der Waals surface area contributed by atoms with E-state index in [0.717, 1.165) is 0 Å². The number of hydrogen-bond acceptors (Lipinski definition) is 8. The summed E-state index contributed by atoms with van der Waals surface area (Å²) in [5.41, 5.74) is -0.888. The van der Waals surface area contributed by atoms with E-state index < -0.39 is 57.4 Å². The molecule has 0 aliphatic rings. The van der Waals surface area contributed by atoms with E-state index in [1.54, 1.807) is 61.5 Å². The molecule has 0 saturated carbocycles. The molecule has 0 saturated heterocycles. The van der Waals surface area contributed by atoms with Crippen LogP contribution in [-0.4, -0.2) is 40.3 Å². The van der Waals surface area contributed by atoms with Gasteiger partial charge in [0.2, 0.25) is 5.75 Å². The Morgan fingerprint density at radius 1 is 0.659 bits per heavy atom. The number of rotatable bonds is 10. The Morgan fingerprint density at radius 2 is 1.24 bits per heavy atom. The first-order valence-electron chi connectivity index (χ1n) is 13.0. The quantitative estimate of drug-likeness (QED) is 0.0801. The third kappa shape index (κ3) is 6.17. The average molecular weight is 553 g/mol. The Morgan fingerprint density at radius 3 is 1.85 bits per heavy atom. The first-order chi connectivity index (χ1) is 19.7. The molecule has 0 fully saturated rings. The number of carbonyl (C=O) groups excluding carboxylic acids is 4. The van der Waals surface area contributed by atoms with E-state index >= 15 is 0 Å². The molecule has 0 aliphatic carbocycles. The smallest absolute Gasteiger partial charge is 0.343 e. The maximum atomic E-state index is 14.1. The number of hydrogen-bond donors (Lipinski definition) is 2. The summed E-state index contributed by atoms with van der Waals surface area (Å²) < 4.78 is 10.9. The number of aromatic hydroxyl groups is 2. The maximum Gasteiger partial charge on any atom is 0.343 e. The van der Waals surface area contributed by atoms with Crippen molar-refractivity contribution in [2.24, 2.45) is 0 Å². The van der Waals surface area contributed by atoms with Gasteiger partial charge in [-0.2, -0.15) is 0 Å². The van der Waals surface area contributed by atoms with Crippen LogP contribution in [0, 0.1) is 6.92 Å². The Labute approximate surface area is 236 Å². The van der Waals surface area contributed by atoms with Crippen LogP contribution in [0.15, 0.2) is 84.9 Å². The van der Waals surface area contributed by atoms with E-state index in [1.807, 2.05) is 6.92 Å². The fraction of sp³-hybridized carbons (Fsp3) is 0.152. The molecular weight excluding hydrogens is 524 g/mol. The normalized spacial score (nSPS) is 10.6. The van der Waals surface area contributed by atoms with Crippen molar-refractivity contribution in [3.8, 4) is 17.2 Å². The number of carbonyl (C=O) groups is 4. The van der Waals surface area contributed by atoms with Gasteiger partial charge in [0.05, 0.1) is 28.9 Å². The van der Waals surface area contributed by atoms with Gasteiger partial charge >= 0.3 is 11.9 Å². The Bertz CT molecular complexity index is 1610. The van der Waals surface area contributed by atoms with E-state index in [-0.39, 0.29) is 23.3 Å². The van der Waals surface area contributed by atoms with Gasteiger partial charge < -0.3 is 19.7 Å². The Kier molecular flexibility index (Phi) is 8.94. The van der Waals surface area contributed by atoms with Crippen LogP contribution < -0.4 is 4.74 Å². The minimum atomic E-state index is -1.10. The molecule has 0 spiro atoms. The fourth-order valence-corrected chi connectivity index (χ4v) is 4.21. The summed E-state index contributed by atoms with van der Waals surface area (Å²) in [5.74, 6) is -6.58. The lowest BCUT2D eigenvalue weighted by atomic mass is 9.88. The van der Waals surface area contributed by atoms with Gasteiger partial charge in [0.25, 0.3) is 0 Å². The third-order valence-electron chi connectivity index (χ3n) is 6.31. The third-order valence-corrected chi connectivity index (χ3v) is 6.31. The molecule has 208 valence electrons. The predicted molar refractivity (Wildman–Crippen MR) is 151 cm³/mol. The van der Waals surface area contributed by atoms with Gasteiger partial charge in [-0.3, -0.25) is 9.59 Å². The van der Waals surface area contributed by atoms with E-state index in [2.05, 4.69) is 0 Å². The van der Waals surface area contributed by atoms with Crippen LogP contribution in [0.25, 0.3) is 0 Å². The highest BCUT2D eigenvalue weighted by atomic mass is 16.5. The Hall–Kier alpha value is -5.24. The van der Waals surface area contributed by atoms with Crippen LogP contribution in [0.2, 0.25) is 0 Å². The van der Waals surface area contributed by atoms with Gasteiger partial charge in [-0.15, -0.1) is 0 Å². The van der Waals surface area contributed by atoms with Crippen LogP contribution in [-0.2, 0) is 4.74 Å². The highest BCUT2D eigenvalue weighted by Crippen LogP contribution is 2.46. The van der Waals surface area contributed by atoms with Gasteiger partial charge in [0, 0.05) is 11.1 Å². The van der Waals surface area contributed by atoms with Gasteiger partial charge in [0.15, 0.2) is 23.1 Å². The monoisotopic (exact) mass is 552 g/mol. The topological polar surface area (TPSA) is 127 Å². The number of esters is 2. The second-order valence-corrected chi connectivity index (χ2v) is 9.29. The molecule has 0 unspecified atom stereocenters. The van der Waals surface area contributed by atoms with Crippen molar-refractivity contribution in [1.82, 2.24) is 0 Å². The van der Waals surface area contributed by atoms with Gasteiger partial charge in [-0.05, 0) is 31.5 Å². The van der Waals surface area contributed by atoms with Crippen molar-refractivity contribution in [3.05, 3.63) is 124 Å². The summed E-state index contributed by atoms with van der Waals surface area (Å²) in [6, 6.07) is 21.9. The van der Waals surface area contributed by atoms with Crippen LogP contribution in [0.5, 0.6) is 17.2 Å². The number of aryl methyl sites for hydroxylation is 1. The number of unbranched alkanes of at least 4 members (excludes halogenated alkanes) is 1. The second kappa shape index (κ2) is 12.7. The maximum absolute atomic E-state index is 14.1. The standard InChI is InChI=1S/C33H28O8/c1-3-4-18-40-33(39)24-25(27(34)21-13-7-5-8-14-21)29(36)30(37)31(41-32(38)22-15-9-6-10-16-22)26(24)28(35)23-17-11-12-20(2)19-23/h5-17,19,36-37H,3-4,18H2,1-2H3. The van der Waals surface area contributed by atoms with Crippen LogP contribution >= 0.6 is 0 Å². The number of benzene rings is 4. The van der Waals surface area contributed by atoms with Gasteiger partial charge in [0.1, 0.15) is 0 Å². The molecule has 4 rings (SSSR count). The lowest BCUT2D eigenvalue weighted by Crippen LogP contribution is -2.22. The number of phenolic OH excluding ortho intramolecular Hbond substituents is 2. The van der Waals surface area contributed by atoms with E-state index in [9.17, 15) is 29.4 Å². The van der Waals surface area contributed by atoms with Crippen molar-refractivity contribution in [1.29, 1.82) is 0 Å². The van der Waals surface area contributed by atoms with Crippen molar-refractivity contribution < 1.29 is 38.9 Å². The molecule has 0 heterocycles. The number of phenols is 2. The van der Waals surface area contributed by atoms with Crippen molar-refractivity contribution in [2.45, 2.75) is 26.7 Å². The van der Waals surface area contributed by atoms with Crippen molar-refractivity contribution in [3.63, 3.8) is 0 Å². The fourth-order valence-electron chi connectivity index (χ4n) is 4.21. The van der Waals surface area contributed by atoms with Crippen molar-refractivity contribution in [2.75, 3.05) is 6.61 Å². The molecular formula is C33H28O8. The number of ketones is 2. The van der Waals surface area contributed by atoms with Crippen LogP contribution in [0.1, 0.15) is 77.9 Å². The molecule has 2 N–H and O–H groups in total. The second-order valence-electron chi connectivity index (χ2n) is 9.29. The minimum Gasteiger partial charge on any atom is -0.504 e. The molecule has 0 amide bonds. The first-order valence-corrected chi connectivity index (χ1v) is 13.0. The molecule has 0 aromatic heterocycles. The molecule has 0 atom stereocenters. The average Bonchev–Trinajstić information content (AvgIpc) is 2.99. The molecule has 0 radical (unpaired) electrons. The van der Waals surface area contributed by atoms with Crippen LogP contribution in [0.3, 0.4) is 0 Å².